The van der Waals surface area contributed by atoms with Crippen molar-refractivity contribution in [1.29, 1.82) is 0 Å². The number of nitrogens with zero attached hydrogens (tertiary/aromatic N) is 5. The van der Waals surface area contributed by atoms with Gasteiger partial charge in [0.1, 0.15) is 0 Å². The molecule has 0 N–H and O–H groups in total. The van der Waals surface area contributed by atoms with Gasteiger partial charge in [-0.15, -0.1) is 0 Å². The van der Waals surface area contributed by atoms with Crippen LogP contribution in [-0.4, -0.2) is 90.9 Å². The van der Waals surface area contributed by atoms with Gasteiger partial charge in [0.05, 0.1) is 25.4 Å². The van der Waals surface area contributed by atoms with Gasteiger partial charge in [-0.2, -0.15) is 0 Å². The molecule has 0 unspecified atom stereocenters. The number of amides is 2. The average molecular weight is 349 g/mol. The number of anilines is 1. The molecule has 9 nitrogen and oxygen atoms in total. The largest absolute Gasteiger partial charge is 0.450 e. The fraction of sp³-hybridized carbons (Fsp3) is 0.625. The van der Waals surface area contributed by atoms with E-state index in [1.165, 1.54) is 0 Å². The third kappa shape index (κ3) is 4.16. The van der Waals surface area contributed by atoms with Crippen LogP contribution < -0.4 is 4.90 Å². The fourth-order valence-electron chi connectivity index (χ4n) is 2.85. The summed E-state index contributed by atoms with van der Waals surface area (Å²) in [5, 5.41) is 0. The number of piperazine rings is 1. The second kappa shape index (κ2) is 8.11. The summed E-state index contributed by atoms with van der Waals surface area (Å²) < 4.78 is 10.3. The van der Waals surface area contributed by atoms with E-state index in [4.69, 9.17) is 9.47 Å². The van der Waals surface area contributed by atoms with Crippen molar-refractivity contribution in [3.63, 3.8) is 0 Å². The number of rotatable bonds is 3. The first-order valence-electron chi connectivity index (χ1n) is 8.54. The summed E-state index contributed by atoms with van der Waals surface area (Å²) in [6, 6.07) is 0. The second-order valence-corrected chi connectivity index (χ2v) is 5.85. The molecule has 2 aliphatic rings. The van der Waals surface area contributed by atoms with Crippen molar-refractivity contribution in [2.75, 3.05) is 64.0 Å². The Hall–Kier alpha value is -2.42. The molecule has 2 fully saturated rings. The number of carbonyl (C=O) groups is 2. The van der Waals surface area contributed by atoms with E-state index < -0.39 is 0 Å². The maximum Gasteiger partial charge on any atom is 0.409 e. The molecule has 9 heteroatoms. The number of hydrogen-bond donors (Lipinski definition) is 0. The third-order valence-corrected chi connectivity index (χ3v) is 4.27. The lowest BCUT2D eigenvalue weighted by atomic mass is 10.2. The van der Waals surface area contributed by atoms with E-state index in [-0.39, 0.29) is 12.0 Å². The summed E-state index contributed by atoms with van der Waals surface area (Å²) >= 11 is 0. The minimum absolute atomic E-state index is 0.0676. The van der Waals surface area contributed by atoms with Gasteiger partial charge in [0.25, 0.3) is 5.91 Å². The third-order valence-electron chi connectivity index (χ3n) is 4.27. The normalized spacial score (nSPS) is 18.2. The van der Waals surface area contributed by atoms with Crippen LogP contribution in [-0.2, 0) is 9.47 Å². The number of ether oxygens (including phenoxy) is 2. The summed E-state index contributed by atoms with van der Waals surface area (Å²) in [7, 11) is 0. The summed E-state index contributed by atoms with van der Waals surface area (Å²) in [4.78, 5) is 38.2. The molecule has 3 rings (SSSR count). The molecule has 0 radical (unpaired) electrons. The Morgan fingerprint density at radius 3 is 2.28 bits per heavy atom. The molecule has 2 aliphatic heterocycles. The Morgan fingerprint density at radius 1 is 1.04 bits per heavy atom. The van der Waals surface area contributed by atoms with Crippen LogP contribution in [0.5, 0.6) is 0 Å². The van der Waals surface area contributed by atoms with Gasteiger partial charge in [0, 0.05) is 51.7 Å². The quantitative estimate of drug-likeness (QED) is 0.772. The van der Waals surface area contributed by atoms with Gasteiger partial charge >= 0.3 is 6.09 Å². The number of aromatic nitrogens is 2. The minimum Gasteiger partial charge on any atom is -0.450 e. The lowest BCUT2D eigenvalue weighted by Gasteiger charge is -2.34. The maximum absolute atomic E-state index is 12.4. The number of morpholine rings is 1. The van der Waals surface area contributed by atoms with E-state index in [0.717, 1.165) is 0 Å². The van der Waals surface area contributed by atoms with Crippen LogP contribution >= 0.6 is 0 Å². The van der Waals surface area contributed by atoms with Crippen molar-refractivity contribution in [3.05, 3.63) is 18.0 Å². The molecular formula is C16H23N5O4. The molecule has 1 aromatic heterocycles. The molecule has 3 heterocycles. The standard InChI is InChI=1S/C16H23N5O4/c1-2-25-16(23)21-5-3-20(4-6-21)15-17-11-13(12-18-15)14(22)19-7-9-24-10-8-19/h11-12H,2-10H2,1H3. The summed E-state index contributed by atoms with van der Waals surface area (Å²) in [6.07, 6.45) is 2.85. The van der Waals surface area contributed by atoms with Crippen LogP contribution in [0.2, 0.25) is 0 Å². The van der Waals surface area contributed by atoms with Gasteiger partial charge in [0.2, 0.25) is 5.95 Å². The maximum atomic E-state index is 12.4. The van der Waals surface area contributed by atoms with E-state index in [0.29, 0.717) is 70.6 Å². The van der Waals surface area contributed by atoms with Gasteiger partial charge < -0.3 is 24.2 Å². The van der Waals surface area contributed by atoms with Crippen LogP contribution in [0.3, 0.4) is 0 Å². The topological polar surface area (TPSA) is 88.1 Å². The van der Waals surface area contributed by atoms with Crippen LogP contribution in [0.4, 0.5) is 10.7 Å². The lowest BCUT2D eigenvalue weighted by Crippen LogP contribution is -2.49. The van der Waals surface area contributed by atoms with Gasteiger partial charge in [-0.3, -0.25) is 4.79 Å². The predicted octanol–water partition coefficient (Wildman–Crippen LogP) is 0.228. The van der Waals surface area contributed by atoms with E-state index in [1.54, 1.807) is 29.1 Å². The molecule has 0 saturated carbocycles. The monoisotopic (exact) mass is 349 g/mol. The first-order valence-corrected chi connectivity index (χ1v) is 8.54. The van der Waals surface area contributed by atoms with Crippen molar-refractivity contribution in [1.82, 2.24) is 19.8 Å². The summed E-state index contributed by atoms with van der Waals surface area (Å²) in [5.74, 6) is 0.504. The van der Waals surface area contributed by atoms with Crippen LogP contribution in [0.15, 0.2) is 12.4 Å². The van der Waals surface area contributed by atoms with Crippen molar-refractivity contribution >= 4 is 17.9 Å². The van der Waals surface area contributed by atoms with E-state index in [9.17, 15) is 9.59 Å². The smallest absolute Gasteiger partial charge is 0.409 e. The molecule has 0 atom stereocenters. The zero-order valence-corrected chi connectivity index (χ0v) is 14.4. The van der Waals surface area contributed by atoms with Crippen molar-refractivity contribution in [3.8, 4) is 0 Å². The van der Waals surface area contributed by atoms with Gasteiger partial charge in [-0.05, 0) is 6.92 Å². The van der Waals surface area contributed by atoms with E-state index >= 15 is 0 Å². The highest BCUT2D eigenvalue weighted by Crippen LogP contribution is 2.13. The van der Waals surface area contributed by atoms with Crippen molar-refractivity contribution in [2.45, 2.75) is 6.92 Å². The first-order chi connectivity index (χ1) is 12.2. The first kappa shape index (κ1) is 17.4. The Kier molecular flexibility index (Phi) is 5.64. The van der Waals surface area contributed by atoms with Gasteiger partial charge in [0.15, 0.2) is 0 Å². The minimum atomic E-state index is -0.283. The van der Waals surface area contributed by atoms with Crippen molar-refractivity contribution < 1.29 is 19.1 Å². The second-order valence-electron chi connectivity index (χ2n) is 5.85. The highest BCUT2D eigenvalue weighted by molar-refractivity contribution is 5.93. The average Bonchev–Trinajstić information content (AvgIpc) is 2.68. The molecular weight excluding hydrogens is 326 g/mol. The SMILES string of the molecule is CCOC(=O)N1CCN(c2ncc(C(=O)N3CCOCC3)cn2)CC1. The lowest BCUT2D eigenvalue weighted by molar-refractivity contribution is 0.0302. The van der Waals surface area contributed by atoms with E-state index in [1.807, 2.05) is 4.90 Å². The molecule has 1 aromatic rings. The number of hydrogen-bond acceptors (Lipinski definition) is 7. The molecule has 0 aromatic carbocycles. The Balaban J connectivity index is 1.56. The Bertz CT molecular complexity index is 595. The molecule has 0 spiro atoms. The van der Waals surface area contributed by atoms with Crippen LogP contribution in [0.1, 0.15) is 17.3 Å². The number of carbonyl (C=O) groups excluding carboxylic acids is 2. The Morgan fingerprint density at radius 2 is 1.68 bits per heavy atom. The molecule has 2 saturated heterocycles. The zero-order valence-electron chi connectivity index (χ0n) is 14.4. The van der Waals surface area contributed by atoms with E-state index in [2.05, 4.69) is 9.97 Å². The fourth-order valence-corrected chi connectivity index (χ4v) is 2.85. The molecule has 2 amide bonds. The zero-order chi connectivity index (χ0) is 17.6. The highest BCUT2D eigenvalue weighted by atomic mass is 16.6. The molecule has 0 bridgehead atoms. The highest BCUT2D eigenvalue weighted by Gasteiger charge is 2.24. The van der Waals surface area contributed by atoms with Crippen LogP contribution in [0.25, 0.3) is 0 Å². The van der Waals surface area contributed by atoms with Crippen LogP contribution in [0, 0.1) is 0 Å². The summed E-state index contributed by atoms with van der Waals surface area (Å²) in [5.41, 5.74) is 0.482. The Labute approximate surface area is 146 Å². The summed E-state index contributed by atoms with van der Waals surface area (Å²) in [6.45, 7) is 6.89. The van der Waals surface area contributed by atoms with Gasteiger partial charge in [-0.25, -0.2) is 14.8 Å². The molecule has 136 valence electrons. The predicted molar refractivity (Wildman–Crippen MR) is 89.6 cm³/mol. The molecule has 25 heavy (non-hydrogen) atoms. The van der Waals surface area contributed by atoms with Gasteiger partial charge in [-0.1, -0.05) is 0 Å². The van der Waals surface area contributed by atoms with Crippen molar-refractivity contribution in [2.24, 2.45) is 0 Å². The molecule has 0 aliphatic carbocycles.